The van der Waals surface area contributed by atoms with E-state index in [1.165, 1.54) is 18.4 Å². The van der Waals surface area contributed by atoms with Crippen molar-refractivity contribution in [1.82, 2.24) is 19.7 Å². The lowest BCUT2D eigenvalue weighted by Gasteiger charge is -2.21. The standard InChI is InChI=1S/C18H23N5O3S.ClH/c1-21(2)8-9-23(17(24)13-11-22(3)20-16(13)26-5)18-19-14-7-6-12(25-4)10-15(14)27-18;/h6-7,10-11H,8-9H2,1-5H3;1H. The molecule has 0 unspecified atom stereocenters. The van der Waals surface area contributed by atoms with Crippen LogP contribution in [0.2, 0.25) is 0 Å². The zero-order chi connectivity index (χ0) is 19.6. The van der Waals surface area contributed by atoms with Crippen LogP contribution in [0, 0.1) is 0 Å². The highest BCUT2D eigenvalue weighted by atomic mass is 35.5. The van der Waals surface area contributed by atoms with Gasteiger partial charge in [0.1, 0.15) is 11.3 Å². The van der Waals surface area contributed by atoms with Crippen LogP contribution in [0.5, 0.6) is 11.6 Å². The molecule has 0 aliphatic rings. The van der Waals surface area contributed by atoms with Gasteiger partial charge in [0.2, 0.25) is 5.88 Å². The molecule has 0 N–H and O–H groups in total. The number of amides is 1. The van der Waals surface area contributed by atoms with E-state index in [2.05, 4.69) is 10.1 Å². The van der Waals surface area contributed by atoms with Gasteiger partial charge in [0.25, 0.3) is 5.91 Å². The largest absolute Gasteiger partial charge is 0.497 e. The number of halogens is 1. The van der Waals surface area contributed by atoms with E-state index in [0.717, 1.165) is 16.0 Å². The molecule has 0 spiro atoms. The second-order valence-corrected chi connectivity index (χ2v) is 7.32. The molecule has 0 saturated heterocycles. The van der Waals surface area contributed by atoms with E-state index in [-0.39, 0.29) is 18.3 Å². The lowest BCUT2D eigenvalue weighted by atomic mass is 10.3. The quantitative estimate of drug-likeness (QED) is 0.579. The Morgan fingerprint density at radius 3 is 2.61 bits per heavy atom. The average molecular weight is 426 g/mol. The van der Waals surface area contributed by atoms with Gasteiger partial charge >= 0.3 is 0 Å². The van der Waals surface area contributed by atoms with Gasteiger partial charge in [-0.3, -0.25) is 14.4 Å². The number of carbonyl (C=O) groups excluding carboxylic acids is 1. The Morgan fingerprint density at radius 1 is 1.21 bits per heavy atom. The fourth-order valence-corrected chi connectivity index (χ4v) is 3.65. The van der Waals surface area contributed by atoms with Crippen LogP contribution >= 0.6 is 23.7 Å². The Kier molecular flexibility index (Phi) is 7.22. The van der Waals surface area contributed by atoms with E-state index in [4.69, 9.17) is 9.47 Å². The van der Waals surface area contributed by atoms with Crippen LogP contribution in [0.15, 0.2) is 24.4 Å². The third-order valence-electron chi connectivity index (χ3n) is 4.05. The van der Waals surface area contributed by atoms with Gasteiger partial charge in [0.05, 0.1) is 24.4 Å². The number of rotatable bonds is 7. The molecule has 0 fully saturated rings. The third kappa shape index (κ3) is 4.54. The number of hydrogen-bond acceptors (Lipinski definition) is 7. The van der Waals surface area contributed by atoms with Crippen LogP contribution in [0.25, 0.3) is 10.2 Å². The van der Waals surface area contributed by atoms with Gasteiger partial charge in [-0.05, 0) is 32.3 Å². The number of hydrogen-bond donors (Lipinski definition) is 0. The minimum absolute atomic E-state index is 0. The lowest BCUT2D eigenvalue weighted by Crippen LogP contribution is -2.36. The van der Waals surface area contributed by atoms with Gasteiger partial charge in [0, 0.05) is 26.3 Å². The number of benzene rings is 1. The Labute approximate surface area is 174 Å². The smallest absolute Gasteiger partial charge is 0.267 e. The molecule has 0 aliphatic heterocycles. The van der Waals surface area contributed by atoms with Crippen molar-refractivity contribution in [2.75, 3.05) is 46.3 Å². The van der Waals surface area contributed by atoms with Crippen molar-refractivity contribution < 1.29 is 14.3 Å². The summed E-state index contributed by atoms with van der Waals surface area (Å²) in [5, 5.41) is 4.83. The SMILES string of the molecule is COc1ccc2nc(N(CCN(C)C)C(=O)c3cn(C)nc3OC)sc2c1.Cl. The molecule has 2 heterocycles. The molecular weight excluding hydrogens is 402 g/mol. The Hall–Kier alpha value is -2.36. The molecule has 0 aliphatic carbocycles. The van der Waals surface area contributed by atoms with Gasteiger partial charge in [-0.25, -0.2) is 4.98 Å². The van der Waals surface area contributed by atoms with Crippen molar-refractivity contribution in [1.29, 1.82) is 0 Å². The Morgan fingerprint density at radius 2 is 1.96 bits per heavy atom. The van der Waals surface area contributed by atoms with Gasteiger partial charge in [-0.15, -0.1) is 17.5 Å². The van der Waals surface area contributed by atoms with Crippen LogP contribution in [0.1, 0.15) is 10.4 Å². The van der Waals surface area contributed by atoms with Crippen LogP contribution in [0.3, 0.4) is 0 Å². The number of nitrogens with zero attached hydrogens (tertiary/aromatic N) is 5. The summed E-state index contributed by atoms with van der Waals surface area (Å²) in [4.78, 5) is 21.6. The minimum Gasteiger partial charge on any atom is -0.497 e. The Balaban J connectivity index is 0.00000280. The summed E-state index contributed by atoms with van der Waals surface area (Å²) in [6.07, 6.45) is 1.67. The highest BCUT2D eigenvalue weighted by Gasteiger charge is 2.26. The van der Waals surface area contributed by atoms with Crippen LogP contribution < -0.4 is 14.4 Å². The second-order valence-electron chi connectivity index (χ2n) is 6.32. The topological polar surface area (TPSA) is 72.7 Å². The summed E-state index contributed by atoms with van der Waals surface area (Å²) in [6, 6.07) is 5.69. The van der Waals surface area contributed by atoms with Gasteiger partial charge < -0.3 is 14.4 Å². The molecule has 3 aromatic rings. The molecule has 152 valence electrons. The van der Waals surface area contributed by atoms with Crippen LogP contribution in [-0.2, 0) is 7.05 Å². The molecule has 10 heteroatoms. The van der Waals surface area contributed by atoms with Crippen molar-refractivity contribution in [3.8, 4) is 11.6 Å². The van der Waals surface area contributed by atoms with E-state index in [0.29, 0.717) is 29.7 Å². The number of fused-ring (bicyclic) bond motifs is 1. The number of carbonyl (C=O) groups is 1. The predicted octanol–water partition coefficient (Wildman–Crippen LogP) is 2.68. The normalized spacial score (nSPS) is 10.8. The molecule has 28 heavy (non-hydrogen) atoms. The summed E-state index contributed by atoms with van der Waals surface area (Å²) in [7, 11) is 8.83. The van der Waals surface area contributed by atoms with Crippen molar-refractivity contribution in [2.24, 2.45) is 7.05 Å². The molecular formula is C18H24ClN5O3S. The first-order chi connectivity index (χ1) is 12.9. The van der Waals surface area contributed by atoms with E-state index < -0.39 is 0 Å². The number of ether oxygens (including phenoxy) is 2. The van der Waals surface area contributed by atoms with Crippen molar-refractivity contribution in [3.63, 3.8) is 0 Å². The summed E-state index contributed by atoms with van der Waals surface area (Å²) in [5.74, 6) is 0.880. The number of methoxy groups -OCH3 is 2. The molecule has 2 aromatic heterocycles. The molecule has 1 amide bonds. The summed E-state index contributed by atoms with van der Waals surface area (Å²) >= 11 is 1.46. The van der Waals surface area contributed by atoms with Crippen LogP contribution in [0.4, 0.5) is 5.13 Å². The maximum absolute atomic E-state index is 13.3. The summed E-state index contributed by atoms with van der Waals surface area (Å²) in [5.41, 5.74) is 1.24. The van der Waals surface area contributed by atoms with Crippen molar-refractivity contribution in [3.05, 3.63) is 30.0 Å². The lowest BCUT2D eigenvalue weighted by molar-refractivity contribution is 0.0982. The number of likely N-dealkylation sites (N-methyl/N-ethyl adjacent to an activating group) is 1. The van der Waals surface area contributed by atoms with E-state index in [1.54, 1.807) is 29.9 Å². The molecule has 0 radical (unpaired) electrons. The number of thiazole rings is 1. The van der Waals surface area contributed by atoms with Gasteiger partial charge in [-0.2, -0.15) is 0 Å². The molecule has 0 bridgehead atoms. The molecule has 8 nitrogen and oxygen atoms in total. The third-order valence-corrected chi connectivity index (χ3v) is 5.09. The highest BCUT2D eigenvalue weighted by molar-refractivity contribution is 7.22. The summed E-state index contributed by atoms with van der Waals surface area (Å²) < 4.78 is 13.1. The zero-order valence-electron chi connectivity index (χ0n) is 16.5. The fraction of sp³-hybridized carbons (Fsp3) is 0.389. The van der Waals surface area contributed by atoms with Crippen LogP contribution in [-0.4, -0.2) is 67.0 Å². The molecule has 3 rings (SSSR count). The minimum atomic E-state index is -0.187. The zero-order valence-corrected chi connectivity index (χ0v) is 18.1. The molecule has 0 atom stereocenters. The monoisotopic (exact) mass is 425 g/mol. The second kappa shape index (κ2) is 9.22. The number of anilines is 1. The first kappa shape index (κ1) is 21.9. The molecule has 1 aromatic carbocycles. The first-order valence-electron chi connectivity index (χ1n) is 8.41. The van der Waals surface area contributed by atoms with E-state index in [9.17, 15) is 4.79 Å². The van der Waals surface area contributed by atoms with Gasteiger partial charge in [0.15, 0.2) is 5.13 Å². The predicted molar refractivity (Wildman–Crippen MR) is 113 cm³/mol. The van der Waals surface area contributed by atoms with Gasteiger partial charge in [-0.1, -0.05) is 11.3 Å². The first-order valence-corrected chi connectivity index (χ1v) is 9.23. The number of aryl methyl sites for hydroxylation is 1. The Bertz CT molecular complexity index is 956. The van der Waals surface area contributed by atoms with Crippen molar-refractivity contribution in [2.45, 2.75) is 0 Å². The maximum atomic E-state index is 13.3. The van der Waals surface area contributed by atoms with Crippen molar-refractivity contribution >= 4 is 45.0 Å². The van der Waals surface area contributed by atoms with E-state index in [1.807, 2.05) is 37.2 Å². The molecule has 0 saturated carbocycles. The maximum Gasteiger partial charge on any atom is 0.267 e. The highest BCUT2D eigenvalue weighted by Crippen LogP contribution is 2.32. The summed E-state index contributed by atoms with van der Waals surface area (Å²) in [6.45, 7) is 1.20. The average Bonchev–Trinajstić information content (AvgIpc) is 3.23. The fourth-order valence-electron chi connectivity index (χ4n) is 2.63. The number of aromatic nitrogens is 3. The van der Waals surface area contributed by atoms with E-state index >= 15 is 0 Å².